The Hall–Kier alpha value is -1.02. The molecule has 2 spiro atoms. The lowest BCUT2D eigenvalue weighted by Gasteiger charge is -2.48. The molecule has 2 aliphatic carbocycles. The number of ether oxygens (including phenoxy) is 1. The maximum Gasteiger partial charge on any atom is 0.124 e. The number of fused-ring (bicyclic) bond motifs is 1. The molecule has 2 N–H and O–H groups in total. The molecule has 1 aromatic rings. The molecule has 0 amide bonds. The van der Waals surface area contributed by atoms with Crippen molar-refractivity contribution < 1.29 is 4.74 Å². The van der Waals surface area contributed by atoms with Gasteiger partial charge in [0.2, 0.25) is 0 Å². The van der Waals surface area contributed by atoms with Crippen LogP contribution in [0.25, 0.3) is 0 Å². The van der Waals surface area contributed by atoms with Crippen LogP contribution in [0.3, 0.4) is 0 Å². The van der Waals surface area contributed by atoms with Crippen LogP contribution in [0.15, 0.2) is 18.2 Å². The molecule has 1 aliphatic heterocycles. The van der Waals surface area contributed by atoms with Gasteiger partial charge in [-0.1, -0.05) is 30.5 Å². The summed E-state index contributed by atoms with van der Waals surface area (Å²) in [4.78, 5) is 0. The quantitative estimate of drug-likeness (QED) is 0.753. The first-order valence-electron chi connectivity index (χ1n) is 8.65. The van der Waals surface area contributed by atoms with Gasteiger partial charge in [-0.05, 0) is 56.9 Å². The molecule has 1 heterocycles. The van der Waals surface area contributed by atoms with Crippen molar-refractivity contribution in [1.29, 1.82) is 0 Å². The Morgan fingerprint density at radius 3 is 2.48 bits per heavy atom. The zero-order valence-electron chi connectivity index (χ0n) is 13.2. The van der Waals surface area contributed by atoms with Crippen LogP contribution in [0.2, 0.25) is 0 Å². The van der Waals surface area contributed by atoms with E-state index in [-0.39, 0.29) is 11.6 Å². The predicted molar refractivity (Wildman–Crippen MR) is 85.5 cm³/mol. The smallest absolute Gasteiger partial charge is 0.124 e. The lowest BCUT2D eigenvalue weighted by atomic mass is 9.65. The first-order chi connectivity index (χ1) is 10.1. The number of nitrogens with two attached hydrogens (primary N) is 1. The van der Waals surface area contributed by atoms with Crippen molar-refractivity contribution in [2.45, 2.75) is 76.4 Å². The highest BCUT2D eigenvalue weighted by Gasteiger charge is 2.47. The molecule has 21 heavy (non-hydrogen) atoms. The molecular formula is C19H27NO. The summed E-state index contributed by atoms with van der Waals surface area (Å²) in [5.41, 5.74) is 9.65. The molecule has 1 atom stereocenters. The molecular weight excluding hydrogens is 258 g/mol. The summed E-state index contributed by atoms with van der Waals surface area (Å²) in [5, 5.41) is 0. The SMILES string of the molecule is Cc1ccc2c(c1)C(N)CC1(CCC3(CCCC3)CC1)O2. The van der Waals surface area contributed by atoms with Crippen LogP contribution in [0.5, 0.6) is 5.75 Å². The van der Waals surface area contributed by atoms with Crippen LogP contribution in [-0.2, 0) is 0 Å². The van der Waals surface area contributed by atoms with Crippen LogP contribution < -0.4 is 10.5 Å². The van der Waals surface area contributed by atoms with Crippen LogP contribution in [0, 0.1) is 12.3 Å². The lowest BCUT2D eigenvalue weighted by Crippen LogP contribution is -2.47. The van der Waals surface area contributed by atoms with Gasteiger partial charge in [-0.15, -0.1) is 0 Å². The number of benzene rings is 1. The predicted octanol–water partition coefficient (Wildman–Crippen LogP) is 4.65. The van der Waals surface area contributed by atoms with E-state index in [0.29, 0.717) is 5.41 Å². The third-order valence-corrected chi connectivity index (χ3v) is 6.37. The van der Waals surface area contributed by atoms with Gasteiger partial charge in [-0.25, -0.2) is 0 Å². The molecule has 2 nitrogen and oxygen atoms in total. The minimum absolute atomic E-state index is 0.0233. The fourth-order valence-corrected chi connectivity index (χ4v) is 5.00. The van der Waals surface area contributed by atoms with Crippen molar-refractivity contribution in [2.24, 2.45) is 11.1 Å². The van der Waals surface area contributed by atoms with Gasteiger partial charge in [0.25, 0.3) is 0 Å². The van der Waals surface area contributed by atoms with Gasteiger partial charge in [-0.2, -0.15) is 0 Å². The van der Waals surface area contributed by atoms with Gasteiger partial charge in [0, 0.05) is 18.0 Å². The summed E-state index contributed by atoms with van der Waals surface area (Å²) >= 11 is 0. The standard InChI is InChI=1S/C19H27NO/c1-14-4-5-17-15(12-14)16(20)13-19(21-17)10-8-18(9-11-19)6-2-3-7-18/h4-5,12,16H,2-3,6-11,13,20H2,1H3. The van der Waals surface area contributed by atoms with Crippen molar-refractivity contribution in [3.8, 4) is 5.75 Å². The Labute approximate surface area is 128 Å². The van der Waals surface area contributed by atoms with Gasteiger partial charge in [0.05, 0.1) is 0 Å². The van der Waals surface area contributed by atoms with E-state index in [4.69, 9.17) is 10.5 Å². The van der Waals surface area contributed by atoms with E-state index < -0.39 is 0 Å². The monoisotopic (exact) mass is 285 g/mol. The Balaban J connectivity index is 1.56. The third-order valence-electron chi connectivity index (χ3n) is 6.37. The number of hydrogen-bond acceptors (Lipinski definition) is 2. The molecule has 2 fully saturated rings. The van der Waals surface area contributed by atoms with Crippen molar-refractivity contribution in [3.63, 3.8) is 0 Å². The topological polar surface area (TPSA) is 35.2 Å². The Kier molecular flexibility index (Phi) is 3.08. The molecule has 1 aromatic carbocycles. The summed E-state index contributed by atoms with van der Waals surface area (Å²) < 4.78 is 6.51. The number of rotatable bonds is 0. The average Bonchev–Trinajstić information content (AvgIpc) is 2.93. The summed E-state index contributed by atoms with van der Waals surface area (Å²) in [6, 6.07) is 6.62. The van der Waals surface area contributed by atoms with Crippen LogP contribution in [-0.4, -0.2) is 5.60 Å². The summed E-state index contributed by atoms with van der Waals surface area (Å²) in [5.74, 6) is 1.04. The zero-order chi connectivity index (χ0) is 14.5. The van der Waals surface area contributed by atoms with E-state index in [2.05, 4.69) is 25.1 Å². The molecule has 2 heteroatoms. The highest BCUT2D eigenvalue weighted by atomic mass is 16.5. The van der Waals surface area contributed by atoms with Gasteiger partial charge in [-0.3, -0.25) is 0 Å². The van der Waals surface area contributed by atoms with E-state index in [1.165, 1.54) is 62.5 Å². The molecule has 0 bridgehead atoms. The van der Waals surface area contributed by atoms with E-state index >= 15 is 0 Å². The van der Waals surface area contributed by atoms with E-state index in [9.17, 15) is 0 Å². The minimum Gasteiger partial charge on any atom is -0.487 e. The highest BCUT2D eigenvalue weighted by molar-refractivity contribution is 5.41. The van der Waals surface area contributed by atoms with E-state index in [0.717, 1.165) is 12.2 Å². The van der Waals surface area contributed by atoms with Gasteiger partial charge >= 0.3 is 0 Å². The lowest BCUT2D eigenvalue weighted by molar-refractivity contribution is -0.0327. The fraction of sp³-hybridized carbons (Fsp3) is 0.684. The molecule has 2 saturated carbocycles. The second kappa shape index (κ2) is 4.74. The molecule has 0 saturated heterocycles. The van der Waals surface area contributed by atoms with Gasteiger partial charge in [0.15, 0.2) is 0 Å². The van der Waals surface area contributed by atoms with Crippen molar-refractivity contribution in [3.05, 3.63) is 29.3 Å². The maximum atomic E-state index is 6.51. The largest absolute Gasteiger partial charge is 0.487 e. The van der Waals surface area contributed by atoms with Crippen molar-refractivity contribution in [2.75, 3.05) is 0 Å². The van der Waals surface area contributed by atoms with Gasteiger partial charge < -0.3 is 10.5 Å². The van der Waals surface area contributed by atoms with Crippen LogP contribution in [0.4, 0.5) is 0 Å². The third kappa shape index (κ3) is 2.28. The van der Waals surface area contributed by atoms with Gasteiger partial charge in [0.1, 0.15) is 11.4 Å². The number of hydrogen-bond donors (Lipinski definition) is 1. The normalized spacial score (nSPS) is 29.3. The Morgan fingerprint density at radius 2 is 1.76 bits per heavy atom. The highest BCUT2D eigenvalue weighted by Crippen LogP contribution is 2.55. The second-order valence-corrected chi connectivity index (χ2v) is 7.84. The molecule has 114 valence electrons. The summed E-state index contributed by atoms with van der Waals surface area (Å²) in [6.07, 6.45) is 11.9. The molecule has 1 unspecified atom stereocenters. The van der Waals surface area contributed by atoms with E-state index in [1.54, 1.807) is 0 Å². The first-order valence-corrected chi connectivity index (χ1v) is 8.65. The molecule has 0 radical (unpaired) electrons. The average molecular weight is 285 g/mol. The van der Waals surface area contributed by atoms with E-state index in [1.807, 2.05) is 0 Å². The number of aryl methyl sites for hydroxylation is 1. The Bertz CT molecular complexity index is 534. The summed E-state index contributed by atoms with van der Waals surface area (Å²) in [7, 11) is 0. The minimum atomic E-state index is 0.0233. The molecule has 4 rings (SSSR count). The Morgan fingerprint density at radius 1 is 1.05 bits per heavy atom. The van der Waals surface area contributed by atoms with Crippen LogP contribution in [0.1, 0.15) is 75.0 Å². The molecule has 0 aromatic heterocycles. The molecule has 3 aliphatic rings. The van der Waals surface area contributed by atoms with Crippen molar-refractivity contribution in [1.82, 2.24) is 0 Å². The van der Waals surface area contributed by atoms with Crippen molar-refractivity contribution >= 4 is 0 Å². The maximum absolute atomic E-state index is 6.51. The first kappa shape index (κ1) is 13.6. The summed E-state index contributed by atoms with van der Waals surface area (Å²) in [6.45, 7) is 2.13. The zero-order valence-corrected chi connectivity index (χ0v) is 13.2. The fourth-order valence-electron chi connectivity index (χ4n) is 5.00. The second-order valence-electron chi connectivity index (χ2n) is 7.84. The van der Waals surface area contributed by atoms with Crippen LogP contribution >= 0.6 is 0 Å².